The zero-order valence-electron chi connectivity index (χ0n) is 7.34. The van der Waals surface area contributed by atoms with E-state index in [1.54, 1.807) is 0 Å². The van der Waals surface area contributed by atoms with Gasteiger partial charge in [0.1, 0.15) is 0 Å². The lowest BCUT2D eigenvalue weighted by atomic mass is 10.1. The number of carbonyl (C=O) groups is 1. The van der Waals surface area contributed by atoms with E-state index in [0.717, 1.165) is 0 Å². The number of hydroxylamine groups is 2. The quantitative estimate of drug-likeness (QED) is 0.307. The summed E-state index contributed by atoms with van der Waals surface area (Å²) < 4.78 is 51.7. The Labute approximate surface area is 85.3 Å². The second-order valence-corrected chi connectivity index (χ2v) is 3.07. The van der Waals surface area contributed by atoms with Crippen LogP contribution in [0.5, 0.6) is 0 Å². The van der Waals surface area contributed by atoms with Gasteiger partial charge in [-0.1, -0.05) is 0 Å². The number of fused-ring (bicyclic) bond motifs is 1. The maximum absolute atomic E-state index is 13.1. The van der Waals surface area contributed by atoms with Crippen LogP contribution in [0.15, 0.2) is 0 Å². The summed E-state index contributed by atoms with van der Waals surface area (Å²) >= 11 is 0. The summed E-state index contributed by atoms with van der Waals surface area (Å²) in [5, 5.41) is 17.6. The van der Waals surface area contributed by atoms with Crippen LogP contribution in [0.25, 0.3) is 0 Å². The van der Waals surface area contributed by atoms with E-state index in [2.05, 4.69) is 0 Å². The first kappa shape index (κ1) is 10.8. The lowest BCUT2D eigenvalue weighted by Crippen LogP contribution is -2.23. The highest BCUT2D eigenvalue weighted by molar-refractivity contribution is 5.98. The van der Waals surface area contributed by atoms with Crippen LogP contribution in [0.2, 0.25) is 0 Å². The Balaban J connectivity index is 2.86. The Morgan fingerprint density at radius 3 is 2.06 bits per heavy atom. The smallest absolute Gasteiger partial charge is 0.283 e. The summed E-state index contributed by atoms with van der Waals surface area (Å²) in [7, 11) is 0. The predicted octanol–water partition coefficient (Wildman–Crippen LogP) is 1.08. The topological polar surface area (TPSA) is 60.8 Å². The molecule has 0 fully saturated rings. The van der Waals surface area contributed by atoms with Gasteiger partial charge in [0.15, 0.2) is 29.5 Å². The molecule has 2 rings (SSSR count). The molecule has 0 saturated heterocycles. The lowest BCUT2D eigenvalue weighted by Gasteiger charge is -2.11. The number of aliphatic hydroxyl groups is 1. The standard InChI is InChI=1S/C8H3F4NO3/c9-3-1-2(4(10)6(12)5(3)11)8(15)13(16)7(1)14/h7,14,16H. The number of hydrogen-bond donors (Lipinski definition) is 2. The Kier molecular flexibility index (Phi) is 2.14. The van der Waals surface area contributed by atoms with E-state index in [1.807, 2.05) is 0 Å². The molecular weight excluding hydrogens is 234 g/mol. The Morgan fingerprint density at radius 2 is 1.50 bits per heavy atom. The van der Waals surface area contributed by atoms with Crippen LogP contribution in [0.1, 0.15) is 22.1 Å². The average Bonchev–Trinajstić information content (AvgIpc) is 2.48. The van der Waals surface area contributed by atoms with Gasteiger partial charge in [-0.25, -0.2) is 17.6 Å². The minimum Gasteiger partial charge on any atom is -0.367 e. The zero-order valence-corrected chi connectivity index (χ0v) is 7.34. The van der Waals surface area contributed by atoms with Crippen molar-refractivity contribution in [2.45, 2.75) is 6.23 Å². The molecule has 1 aliphatic rings. The van der Waals surface area contributed by atoms with E-state index in [1.165, 1.54) is 0 Å². The number of benzene rings is 1. The third kappa shape index (κ3) is 1.08. The van der Waals surface area contributed by atoms with Crippen molar-refractivity contribution < 1.29 is 32.7 Å². The second kappa shape index (κ2) is 3.16. The first-order valence-electron chi connectivity index (χ1n) is 3.94. The predicted molar refractivity (Wildman–Crippen MR) is 39.2 cm³/mol. The molecule has 2 N–H and O–H groups in total. The average molecular weight is 237 g/mol. The van der Waals surface area contributed by atoms with Gasteiger partial charge in [-0.05, 0) is 0 Å². The van der Waals surface area contributed by atoms with Crippen molar-refractivity contribution >= 4 is 5.91 Å². The summed E-state index contributed by atoms with van der Waals surface area (Å²) in [6.07, 6.45) is -2.26. The highest BCUT2D eigenvalue weighted by Gasteiger charge is 2.43. The van der Waals surface area contributed by atoms with Crippen molar-refractivity contribution in [2.75, 3.05) is 0 Å². The summed E-state index contributed by atoms with van der Waals surface area (Å²) in [4.78, 5) is 11.1. The number of nitrogens with zero attached hydrogens (tertiary/aromatic N) is 1. The number of rotatable bonds is 0. The number of halogens is 4. The molecule has 0 bridgehead atoms. The normalized spacial score (nSPS) is 19.2. The molecule has 0 spiro atoms. The van der Waals surface area contributed by atoms with Gasteiger partial charge in [0, 0.05) is 0 Å². The lowest BCUT2D eigenvalue weighted by molar-refractivity contribution is -0.153. The third-order valence-electron chi connectivity index (χ3n) is 2.22. The van der Waals surface area contributed by atoms with Gasteiger partial charge in [-0.3, -0.25) is 10.0 Å². The largest absolute Gasteiger partial charge is 0.367 e. The van der Waals surface area contributed by atoms with Gasteiger partial charge in [0.25, 0.3) is 5.91 Å². The third-order valence-corrected chi connectivity index (χ3v) is 2.22. The molecule has 0 saturated carbocycles. The molecule has 1 aliphatic heterocycles. The fourth-order valence-corrected chi connectivity index (χ4v) is 1.45. The second-order valence-electron chi connectivity index (χ2n) is 3.07. The highest BCUT2D eigenvalue weighted by atomic mass is 19.2. The molecule has 0 aliphatic carbocycles. The van der Waals surface area contributed by atoms with E-state index in [4.69, 9.17) is 10.3 Å². The van der Waals surface area contributed by atoms with Crippen LogP contribution in [0, 0.1) is 23.3 Å². The van der Waals surface area contributed by atoms with Crippen molar-refractivity contribution in [3.8, 4) is 0 Å². The Morgan fingerprint density at radius 1 is 1.00 bits per heavy atom. The fraction of sp³-hybridized carbons (Fsp3) is 0.125. The maximum atomic E-state index is 13.1. The number of aliphatic hydroxyl groups excluding tert-OH is 1. The van der Waals surface area contributed by atoms with Crippen LogP contribution in [-0.2, 0) is 0 Å². The molecule has 1 atom stereocenters. The van der Waals surface area contributed by atoms with E-state index in [0.29, 0.717) is 0 Å². The van der Waals surface area contributed by atoms with E-state index < -0.39 is 51.6 Å². The minimum absolute atomic E-state index is 0.421. The molecule has 1 heterocycles. The van der Waals surface area contributed by atoms with Gasteiger partial charge >= 0.3 is 0 Å². The van der Waals surface area contributed by atoms with Crippen LogP contribution < -0.4 is 0 Å². The monoisotopic (exact) mass is 237 g/mol. The fourth-order valence-electron chi connectivity index (χ4n) is 1.45. The van der Waals surface area contributed by atoms with Crippen LogP contribution >= 0.6 is 0 Å². The Hall–Kier alpha value is -1.67. The molecular formula is C8H3F4NO3. The van der Waals surface area contributed by atoms with Crippen molar-refractivity contribution in [1.82, 2.24) is 5.06 Å². The molecule has 0 radical (unpaired) electrons. The van der Waals surface area contributed by atoms with Gasteiger partial charge in [0.2, 0.25) is 0 Å². The summed E-state index contributed by atoms with van der Waals surface area (Å²) in [5.41, 5.74) is -2.34. The van der Waals surface area contributed by atoms with Gasteiger partial charge in [0.05, 0.1) is 11.1 Å². The molecule has 16 heavy (non-hydrogen) atoms. The number of carbonyl (C=O) groups excluding carboxylic acids is 1. The maximum Gasteiger partial charge on any atom is 0.283 e. The summed E-state index contributed by atoms with van der Waals surface area (Å²) in [6.45, 7) is 0. The zero-order chi connectivity index (χ0) is 12.2. The molecule has 0 aromatic heterocycles. The molecule has 1 unspecified atom stereocenters. The molecule has 86 valence electrons. The molecule has 8 heteroatoms. The van der Waals surface area contributed by atoms with Crippen molar-refractivity contribution in [1.29, 1.82) is 0 Å². The van der Waals surface area contributed by atoms with Crippen molar-refractivity contribution in [2.24, 2.45) is 0 Å². The van der Waals surface area contributed by atoms with Crippen LogP contribution in [0.3, 0.4) is 0 Å². The SMILES string of the molecule is O=C1c2c(F)c(F)c(F)c(F)c2C(O)N1O. The summed E-state index contributed by atoms with van der Waals surface area (Å²) in [5.74, 6) is -9.73. The van der Waals surface area contributed by atoms with E-state index in [-0.39, 0.29) is 0 Å². The molecule has 4 nitrogen and oxygen atoms in total. The van der Waals surface area contributed by atoms with Gasteiger partial charge < -0.3 is 5.11 Å². The Bertz CT molecular complexity index is 505. The van der Waals surface area contributed by atoms with Crippen molar-refractivity contribution in [3.63, 3.8) is 0 Å². The molecule has 1 amide bonds. The molecule has 1 aromatic rings. The van der Waals surface area contributed by atoms with Gasteiger partial charge in [-0.15, -0.1) is 0 Å². The summed E-state index contributed by atoms with van der Waals surface area (Å²) in [6, 6.07) is 0. The van der Waals surface area contributed by atoms with E-state index >= 15 is 0 Å². The van der Waals surface area contributed by atoms with Crippen LogP contribution in [0.4, 0.5) is 17.6 Å². The minimum atomic E-state index is -2.26. The highest BCUT2D eigenvalue weighted by Crippen LogP contribution is 2.36. The van der Waals surface area contributed by atoms with Gasteiger partial charge in [-0.2, -0.15) is 5.06 Å². The number of hydrogen-bond acceptors (Lipinski definition) is 3. The van der Waals surface area contributed by atoms with Crippen LogP contribution in [-0.4, -0.2) is 21.3 Å². The first-order chi connectivity index (χ1) is 7.37. The van der Waals surface area contributed by atoms with E-state index in [9.17, 15) is 22.4 Å². The number of amides is 1. The molecule has 1 aromatic carbocycles. The van der Waals surface area contributed by atoms with Crippen molar-refractivity contribution in [3.05, 3.63) is 34.4 Å². The first-order valence-corrected chi connectivity index (χ1v) is 3.94.